The Kier molecular flexibility index (Phi) is 12.2. The summed E-state index contributed by atoms with van der Waals surface area (Å²) < 4.78 is 4.72. The molecule has 3 N–H and O–H groups in total. The van der Waals surface area contributed by atoms with E-state index in [2.05, 4.69) is 6.58 Å². The lowest BCUT2D eigenvalue weighted by atomic mass is 10.0. The van der Waals surface area contributed by atoms with Gasteiger partial charge in [-0.25, -0.2) is 4.79 Å². The predicted octanol–water partition coefficient (Wildman–Crippen LogP) is 3.10. The fourth-order valence-corrected chi connectivity index (χ4v) is 2.11. The first-order chi connectivity index (χ1) is 9.60. The van der Waals surface area contributed by atoms with Crippen molar-refractivity contribution < 1.29 is 24.9 Å². The Balaban J connectivity index is 3.67. The summed E-state index contributed by atoms with van der Waals surface area (Å²) in [6.45, 7) is 3.31. The number of carbonyl (C=O) groups is 1. The molecule has 5 heteroatoms. The van der Waals surface area contributed by atoms with Crippen molar-refractivity contribution >= 4 is 6.16 Å². The van der Waals surface area contributed by atoms with Crippen molar-refractivity contribution in [3.8, 4) is 0 Å². The Morgan fingerprint density at radius 3 is 2.30 bits per heavy atom. The van der Waals surface area contributed by atoms with Gasteiger partial charge in [-0.05, 0) is 25.7 Å². The highest BCUT2D eigenvalue weighted by Crippen LogP contribution is 2.15. The van der Waals surface area contributed by atoms with E-state index in [1.54, 1.807) is 0 Å². The first-order valence-electron chi connectivity index (χ1n) is 7.39. The van der Waals surface area contributed by atoms with Gasteiger partial charge in [0.15, 0.2) is 0 Å². The third-order valence-electron chi connectivity index (χ3n) is 3.20. The highest BCUT2D eigenvalue weighted by atomic mass is 16.7. The van der Waals surface area contributed by atoms with E-state index in [4.69, 9.17) is 14.9 Å². The van der Waals surface area contributed by atoms with Crippen LogP contribution in [-0.4, -0.2) is 40.3 Å². The summed E-state index contributed by atoms with van der Waals surface area (Å²) in [7, 11) is 0. The fraction of sp³-hybridized carbons (Fsp3) is 0.800. The lowest BCUT2D eigenvalue weighted by Gasteiger charge is -2.18. The van der Waals surface area contributed by atoms with Crippen LogP contribution in [0.1, 0.15) is 57.8 Å². The molecule has 0 saturated carbocycles. The van der Waals surface area contributed by atoms with Gasteiger partial charge in [-0.2, -0.15) is 0 Å². The Morgan fingerprint density at radius 1 is 1.15 bits per heavy atom. The molecule has 0 aliphatic heterocycles. The maximum absolute atomic E-state index is 10.5. The van der Waals surface area contributed by atoms with E-state index in [9.17, 15) is 9.90 Å². The van der Waals surface area contributed by atoms with Crippen molar-refractivity contribution in [3.05, 3.63) is 12.7 Å². The maximum atomic E-state index is 10.5. The molecule has 0 aliphatic rings. The minimum Gasteiger partial charge on any atom is -0.450 e. The quantitative estimate of drug-likeness (QED) is 0.275. The fourth-order valence-electron chi connectivity index (χ4n) is 2.11. The largest absolute Gasteiger partial charge is 0.506 e. The van der Waals surface area contributed by atoms with E-state index in [-0.39, 0.29) is 13.0 Å². The molecule has 0 aromatic rings. The smallest absolute Gasteiger partial charge is 0.450 e. The van der Waals surface area contributed by atoms with E-state index in [0.29, 0.717) is 6.42 Å². The van der Waals surface area contributed by atoms with Gasteiger partial charge in [0.05, 0.1) is 12.7 Å². The topological polar surface area (TPSA) is 87.0 Å². The molecule has 0 aromatic carbocycles. The second-order valence-electron chi connectivity index (χ2n) is 5.07. The predicted molar refractivity (Wildman–Crippen MR) is 77.7 cm³/mol. The molecule has 0 rings (SSSR count). The minimum atomic E-state index is -1.33. The van der Waals surface area contributed by atoms with Gasteiger partial charge in [0.1, 0.15) is 6.10 Å². The van der Waals surface area contributed by atoms with Gasteiger partial charge in [-0.3, -0.25) is 0 Å². The maximum Gasteiger partial charge on any atom is 0.506 e. The molecule has 0 fully saturated rings. The molecule has 2 unspecified atom stereocenters. The van der Waals surface area contributed by atoms with Crippen LogP contribution in [0.25, 0.3) is 0 Å². The van der Waals surface area contributed by atoms with Gasteiger partial charge >= 0.3 is 6.16 Å². The zero-order chi connectivity index (χ0) is 15.2. The summed E-state index contributed by atoms with van der Waals surface area (Å²) in [5, 5.41) is 26.7. The van der Waals surface area contributed by atoms with E-state index in [1.165, 1.54) is 19.3 Å². The molecule has 2 atom stereocenters. The molecule has 0 amide bonds. The van der Waals surface area contributed by atoms with Crippen LogP contribution < -0.4 is 0 Å². The highest BCUT2D eigenvalue weighted by molar-refractivity contribution is 5.57. The van der Waals surface area contributed by atoms with Crippen LogP contribution in [0.3, 0.4) is 0 Å². The average molecular weight is 288 g/mol. The van der Waals surface area contributed by atoms with Gasteiger partial charge in [0, 0.05) is 6.42 Å². The molecule has 0 saturated heterocycles. The van der Waals surface area contributed by atoms with Crippen LogP contribution in [0.2, 0.25) is 0 Å². The molecule has 0 radical (unpaired) electrons. The van der Waals surface area contributed by atoms with Crippen molar-refractivity contribution in [2.75, 3.05) is 6.61 Å². The summed E-state index contributed by atoms with van der Waals surface area (Å²) in [6, 6.07) is 0. The lowest BCUT2D eigenvalue weighted by Crippen LogP contribution is -2.25. The van der Waals surface area contributed by atoms with Crippen molar-refractivity contribution in [2.24, 2.45) is 0 Å². The van der Waals surface area contributed by atoms with Crippen LogP contribution in [0.4, 0.5) is 4.79 Å². The van der Waals surface area contributed by atoms with Crippen molar-refractivity contribution in [2.45, 2.75) is 70.0 Å². The number of aliphatic hydroxyl groups is 2. The monoisotopic (exact) mass is 288 g/mol. The molecule has 0 bridgehead atoms. The van der Waals surface area contributed by atoms with Crippen LogP contribution in [0.15, 0.2) is 12.7 Å². The minimum absolute atomic E-state index is 0.155. The number of rotatable bonds is 13. The Labute approximate surface area is 121 Å². The van der Waals surface area contributed by atoms with Crippen LogP contribution in [-0.2, 0) is 4.74 Å². The lowest BCUT2D eigenvalue weighted by molar-refractivity contribution is 0.00548. The number of hydrogen-bond donors (Lipinski definition) is 3. The van der Waals surface area contributed by atoms with E-state index >= 15 is 0 Å². The van der Waals surface area contributed by atoms with Gasteiger partial charge < -0.3 is 20.1 Å². The van der Waals surface area contributed by atoms with E-state index < -0.39 is 18.4 Å². The number of aliphatic hydroxyl groups excluding tert-OH is 2. The van der Waals surface area contributed by atoms with Crippen LogP contribution >= 0.6 is 0 Å². The zero-order valence-corrected chi connectivity index (χ0v) is 12.2. The van der Waals surface area contributed by atoms with Gasteiger partial charge in [0.2, 0.25) is 0 Å². The third-order valence-corrected chi connectivity index (χ3v) is 3.20. The SMILES string of the molecule is C=CCCCCCCCCC(CC(O)CO)OC(=O)O. The molecule has 0 heterocycles. The summed E-state index contributed by atoms with van der Waals surface area (Å²) in [5.74, 6) is 0. The van der Waals surface area contributed by atoms with Crippen LogP contribution in [0, 0.1) is 0 Å². The first kappa shape index (κ1) is 18.9. The summed E-state index contributed by atoms with van der Waals surface area (Å²) in [5.41, 5.74) is 0. The average Bonchev–Trinajstić information content (AvgIpc) is 2.40. The molecule has 5 nitrogen and oxygen atoms in total. The number of allylic oxidation sites excluding steroid dienone is 1. The molecular formula is C15H28O5. The van der Waals surface area contributed by atoms with Gasteiger partial charge in [-0.1, -0.05) is 31.8 Å². The van der Waals surface area contributed by atoms with E-state index in [1.807, 2.05) is 6.08 Å². The van der Waals surface area contributed by atoms with Gasteiger partial charge in [0.25, 0.3) is 0 Å². The van der Waals surface area contributed by atoms with Crippen molar-refractivity contribution in [1.29, 1.82) is 0 Å². The van der Waals surface area contributed by atoms with Crippen LogP contribution in [0.5, 0.6) is 0 Å². The Hall–Kier alpha value is -1.07. The number of carboxylic acid groups (broad SMARTS) is 1. The number of unbranched alkanes of at least 4 members (excludes halogenated alkanes) is 6. The second kappa shape index (κ2) is 12.9. The third kappa shape index (κ3) is 12.0. The Morgan fingerprint density at radius 2 is 1.75 bits per heavy atom. The Bertz CT molecular complexity index is 255. The number of hydrogen-bond acceptors (Lipinski definition) is 4. The standard InChI is InChI=1S/C15H28O5/c1-2-3-4-5-6-7-8-9-10-14(20-15(18)19)11-13(17)12-16/h2,13-14,16-17H,1,3-12H2,(H,18,19). The number of ether oxygens (including phenoxy) is 1. The normalized spacial score (nSPS) is 13.7. The van der Waals surface area contributed by atoms with Crippen molar-refractivity contribution in [3.63, 3.8) is 0 Å². The van der Waals surface area contributed by atoms with Crippen molar-refractivity contribution in [1.82, 2.24) is 0 Å². The molecular weight excluding hydrogens is 260 g/mol. The second-order valence-corrected chi connectivity index (χ2v) is 5.07. The van der Waals surface area contributed by atoms with E-state index in [0.717, 1.165) is 25.7 Å². The molecule has 0 aromatic heterocycles. The highest BCUT2D eigenvalue weighted by Gasteiger charge is 2.17. The molecule has 118 valence electrons. The molecule has 20 heavy (non-hydrogen) atoms. The zero-order valence-electron chi connectivity index (χ0n) is 12.2. The van der Waals surface area contributed by atoms with Gasteiger partial charge in [-0.15, -0.1) is 6.58 Å². The first-order valence-corrected chi connectivity index (χ1v) is 7.39. The summed E-state index contributed by atoms with van der Waals surface area (Å²) in [4.78, 5) is 10.5. The summed E-state index contributed by atoms with van der Waals surface area (Å²) in [6.07, 6.45) is 7.54. The molecule has 0 aliphatic carbocycles. The summed E-state index contributed by atoms with van der Waals surface area (Å²) >= 11 is 0. The molecule has 0 spiro atoms.